The SMILES string of the molecule is CC(C)CNC(=O)Cc1ccc2cccc(N)c2n1. The van der Waals surface area contributed by atoms with E-state index in [1.807, 2.05) is 30.3 Å². The monoisotopic (exact) mass is 257 g/mol. The molecule has 0 radical (unpaired) electrons. The third kappa shape index (κ3) is 3.44. The van der Waals surface area contributed by atoms with Gasteiger partial charge in [-0.1, -0.05) is 32.0 Å². The number of rotatable bonds is 4. The molecule has 3 N–H and O–H groups in total. The number of nitrogens with one attached hydrogen (secondary N) is 1. The van der Waals surface area contributed by atoms with E-state index in [2.05, 4.69) is 24.1 Å². The summed E-state index contributed by atoms with van der Waals surface area (Å²) in [4.78, 5) is 16.2. The van der Waals surface area contributed by atoms with E-state index in [4.69, 9.17) is 5.73 Å². The first-order chi connectivity index (χ1) is 9.06. The van der Waals surface area contributed by atoms with E-state index in [9.17, 15) is 4.79 Å². The lowest BCUT2D eigenvalue weighted by atomic mass is 10.1. The second-order valence-electron chi connectivity index (χ2n) is 5.10. The summed E-state index contributed by atoms with van der Waals surface area (Å²) in [5.41, 5.74) is 8.04. The van der Waals surface area contributed by atoms with Crippen LogP contribution >= 0.6 is 0 Å². The average molecular weight is 257 g/mol. The molecule has 1 amide bonds. The van der Waals surface area contributed by atoms with Gasteiger partial charge in [0.2, 0.25) is 5.91 Å². The van der Waals surface area contributed by atoms with Gasteiger partial charge >= 0.3 is 0 Å². The lowest BCUT2D eigenvalue weighted by Gasteiger charge is -2.08. The second-order valence-corrected chi connectivity index (χ2v) is 5.10. The number of pyridine rings is 1. The van der Waals surface area contributed by atoms with Crippen LogP contribution < -0.4 is 11.1 Å². The quantitative estimate of drug-likeness (QED) is 0.824. The zero-order chi connectivity index (χ0) is 13.8. The molecule has 0 saturated carbocycles. The van der Waals surface area contributed by atoms with E-state index >= 15 is 0 Å². The van der Waals surface area contributed by atoms with Crippen molar-refractivity contribution in [1.82, 2.24) is 10.3 Å². The minimum Gasteiger partial charge on any atom is -0.397 e. The van der Waals surface area contributed by atoms with Gasteiger partial charge in [0.25, 0.3) is 0 Å². The molecule has 0 spiro atoms. The number of aromatic nitrogens is 1. The highest BCUT2D eigenvalue weighted by Gasteiger charge is 2.07. The number of para-hydroxylation sites is 1. The van der Waals surface area contributed by atoms with Crippen LogP contribution in [0.1, 0.15) is 19.5 Å². The maximum atomic E-state index is 11.8. The van der Waals surface area contributed by atoms with Gasteiger partial charge < -0.3 is 11.1 Å². The maximum absolute atomic E-state index is 11.8. The number of amides is 1. The van der Waals surface area contributed by atoms with E-state index in [0.717, 1.165) is 16.6 Å². The molecule has 1 aromatic heterocycles. The zero-order valence-corrected chi connectivity index (χ0v) is 11.3. The van der Waals surface area contributed by atoms with Gasteiger partial charge in [-0.2, -0.15) is 0 Å². The molecular formula is C15H19N3O. The Morgan fingerprint density at radius 3 is 2.84 bits per heavy atom. The molecule has 100 valence electrons. The predicted octanol–water partition coefficient (Wildman–Crippen LogP) is 2.13. The Morgan fingerprint density at radius 1 is 1.32 bits per heavy atom. The molecule has 0 unspecified atom stereocenters. The summed E-state index contributed by atoms with van der Waals surface area (Å²) in [5.74, 6) is 0.444. The van der Waals surface area contributed by atoms with Crippen molar-refractivity contribution in [2.24, 2.45) is 5.92 Å². The number of anilines is 1. The second kappa shape index (κ2) is 5.69. The van der Waals surface area contributed by atoms with Crippen LogP contribution in [0.25, 0.3) is 10.9 Å². The Balaban J connectivity index is 2.13. The molecule has 0 bridgehead atoms. The molecule has 1 heterocycles. The molecule has 19 heavy (non-hydrogen) atoms. The fourth-order valence-corrected chi connectivity index (χ4v) is 1.85. The van der Waals surface area contributed by atoms with Crippen LogP contribution in [-0.2, 0) is 11.2 Å². The molecule has 0 fully saturated rings. The van der Waals surface area contributed by atoms with Crippen LogP contribution in [0.2, 0.25) is 0 Å². The summed E-state index contributed by atoms with van der Waals surface area (Å²) in [5, 5.41) is 3.88. The molecule has 0 atom stereocenters. The van der Waals surface area contributed by atoms with Gasteiger partial charge in [-0.05, 0) is 18.1 Å². The number of nitrogen functional groups attached to an aromatic ring is 1. The Hall–Kier alpha value is -2.10. The van der Waals surface area contributed by atoms with Crippen molar-refractivity contribution < 1.29 is 4.79 Å². The number of nitrogens with zero attached hydrogens (tertiary/aromatic N) is 1. The minimum absolute atomic E-state index is 0.00458. The summed E-state index contributed by atoms with van der Waals surface area (Å²) in [6.45, 7) is 4.82. The summed E-state index contributed by atoms with van der Waals surface area (Å²) >= 11 is 0. The normalized spacial score (nSPS) is 10.9. The van der Waals surface area contributed by atoms with Crippen molar-refractivity contribution in [3.8, 4) is 0 Å². The van der Waals surface area contributed by atoms with Crippen molar-refractivity contribution in [3.05, 3.63) is 36.0 Å². The van der Waals surface area contributed by atoms with E-state index in [1.165, 1.54) is 0 Å². The summed E-state index contributed by atoms with van der Waals surface area (Å²) in [6.07, 6.45) is 0.289. The number of carbonyl (C=O) groups excluding carboxylic acids is 1. The summed E-state index contributed by atoms with van der Waals surface area (Å²) in [6, 6.07) is 9.49. The number of carbonyl (C=O) groups is 1. The highest BCUT2D eigenvalue weighted by molar-refractivity contribution is 5.89. The van der Waals surface area contributed by atoms with Gasteiger partial charge in [0.05, 0.1) is 23.3 Å². The molecule has 4 nitrogen and oxygen atoms in total. The van der Waals surface area contributed by atoms with Crippen molar-refractivity contribution in [2.75, 3.05) is 12.3 Å². The lowest BCUT2D eigenvalue weighted by molar-refractivity contribution is -0.120. The van der Waals surface area contributed by atoms with Gasteiger partial charge in [0, 0.05) is 11.9 Å². The van der Waals surface area contributed by atoms with Crippen LogP contribution in [0.4, 0.5) is 5.69 Å². The fourth-order valence-electron chi connectivity index (χ4n) is 1.85. The van der Waals surface area contributed by atoms with Crippen LogP contribution in [0.3, 0.4) is 0 Å². The van der Waals surface area contributed by atoms with Crippen LogP contribution in [-0.4, -0.2) is 17.4 Å². The van der Waals surface area contributed by atoms with Gasteiger partial charge in [-0.25, -0.2) is 0 Å². The maximum Gasteiger partial charge on any atom is 0.226 e. The van der Waals surface area contributed by atoms with Crippen LogP contribution in [0.5, 0.6) is 0 Å². The molecule has 2 aromatic rings. The van der Waals surface area contributed by atoms with E-state index in [-0.39, 0.29) is 12.3 Å². The Morgan fingerprint density at radius 2 is 2.11 bits per heavy atom. The van der Waals surface area contributed by atoms with E-state index in [0.29, 0.717) is 18.2 Å². The van der Waals surface area contributed by atoms with Gasteiger partial charge in [-0.3, -0.25) is 9.78 Å². The third-order valence-electron chi connectivity index (χ3n) is 2.86. The molecule has 0 aliphatic heterocycles. The Kier molecular flexibility index (Phi) is 4.00. The highest BCUT2D eigenvalue weighted by Crippen LogP contribution is 2.18. The number of fused-ring (bicyclic) bond motifs is 1. The minimum atomic E-state index is -0.00458. The molecule has 4 heteroatoms. The molecule has 1 aromatic carbocycles. The van der Waals surface area contributed by atoms with Gasteiger partial charge in [0.1, 0.15) is 0 Å². The van der Waals surface area contributed by atoms with Crippen molar-refractivity contribution in [1.29, 1.82) is 0 Å². The third-order valence-corrected chi connectivity index (χ3v) is 2.86. The molecule has 0 aliphatic rings. The molecule has 2 rings (SSSR count). The van der Waals surface area contributed by atoms with Crippen molar-refractivity contribution in [3.63, 3.8) is 0 Å². The number of hydrogen-bond acceptors (Lipinski definition) is 3. The number of hydrogen-bond donors (Lipinski definition) is 2. The highest BCUT2D eigenvalue weighted by atomic mass is 16.1. The predicted molar refractivity (Wildman–Crippen MR) is 77.7 cm³/mol. The van der Waals surface area contributed by atoms with Crippen LogP contribution in [0.15, 0.2) is 30.3 Å². The Labute approximate surface area is 113 Å². The average Bonchev–Trinajstić information content (AvgIpc) is 2.37. The molecular weight excluding hydrogens is 238 g/mol. The first-order valence-corrected chi connectivity index (χ1v) is 6.47. The van der Waals surface area contributed by atoms with E-state index in [1.54, 1.807) is 0 Å². The zero-order valence-electron chi connectivity index (χ0n) is 11.3. The van der Waals surface area contributed by atoms with Gasteiger partial charge in [-0.15, -0.1) is 0 Å². The topological polar surface area (TPSA) is 68.0 Å². The fraction of sp³-hybridized carbons (Fsp3) is 0.333. The largest absolute Gasteiger partial charge is 0.397 e. The Bertz CT molecular complexity index is 593. The molecule has 0 saturated heterocycles. The lowest BCUT2D eigenvalue weighted by Crippen LogP contribution is -2.28. The van der Waals surface area contributed by atoms with Gasteiger partial charge in [0.15, 0.2) is 0 Å². The first kappa shape index (κ1) is 13.3. The number of benzene rings is 1. The van der Waals surface area contributed by atoms with E-state index < -0.39 is 0 Å². The summed E-state index contributed by atoms with van der Waals surface area (Å²) in [7, 11) is 0. The van der Waals surface area contributed by atoms with Crippen LogP contribution in [0, 0.1) is 5.92 Å². The first-order valence-electron chi connectivity index (χ1n) is 6.47. The molecule has 0 aliphatic carbocycles. The smallest absolute Gasteiger partial charge is 0.226 e. The van der Waals surface area contributed by atoms with Crippen molar-refractivity contribution >= 4 is 22.5 Å². The standard InChI is InChI=1S/C15H19N3O/c1-10(2)9-17-14(19)8-12-7-6-11-4-3-5-13(16)15(11)18-12/h3-7,10H,8-9,16H2,1-2H3,(H,17,19). The van der Waals surface area contributed by atoms with Crippen molar-refractivity contribution in [2.45, 2.75) is 20.3 Å². The summed E-state index contributed by atoms with van der Waals surface area (Å²) < 4.78 is 0. The number of nitrogens with two attached hydrogens (primary N) is 1.